The lowest BCUT2D eigenvalue weighted by Gasteiger charge is -2.16. The van der Waals surface area contributed by atoms with Crippen molar-refractivity contribution in [2.45, 2.75) is 38.6 Å². The lowest BCUT2D eigenvalue weighted by atomic mass is 10.2. The van der Waals surface area contributed by atoms with Gasteiger partial charge in [-0.2, -0.15) is 0 Å². The van der Waals surface area contributed by atoms with Gasteiger partial charge in [-0.3, -0.25) is 0 Å². The number of anilines is 2. The molecule has 1 aliphatic rings. The van der Waals surface area contributed by atoms with Gasteiger partial charge in [-0.15, -0.1) is 0 Å². The fraction of sp³-hybridized carbons (Fsp3) is 0.545. The van der Waals surface area contributed by atoms with Crippen molar-refractivity contribution in [2.75, 3.05) is 11.1 Å². The molecule has 76 valence electrons. The predicted octanol–water partition coefficient (Wildman–Crippen LogP) is 2.33. The molecule has 1 aromatic rings. The van der Waals surface area contributed by atoms with Crippen LogP contribution in [0.15, 0.2) is 12.3 Å². The van der Waals surface area contributed by atoms with Crippen LogP contribution >= 0.6 is 0 Å². The number of rotatable bonds is 3. The van der Waals surface area contributed by atoms with E-state index in [1.807, 2.05) is 13.0 Å². The van der Waals surface area contributed by atoms with Crippen LogP contribution in [0.4, 0.5) is 11.5 Å². The van der Waals surface area contributed by atoms with Crippen molar-refractivity contribution in [3.63, 3.8) is 0 Å². The summed E-state index contributed by atoms with van der Waals surface area (Å²) in [5.74, 6) is 0.955. The zero-order valence-electron chi connectivity index (χ0n) is 8.80. The summed E-state index contributed by atoms with van der Waals surface area (Å²) in [7, 11) is 0. The van der Waals surface area contributed by atoms with Crippen LogP contribution in [0.5, 0.6) is 0 Å². The number of aryl methyl sites for hydroxylation is 1. The Balaban J connectivity index is 2.14. The monoisotopic (exact) mass is 191 g/mol. The van der Waals surface area contributed by atoms with Crippen molar-refractivity contribution in [3.8, 4) is 0 Å². The van der Waals surface area contributed by atoms with Crippen molar-refractivity contribution in [1.29, 1.82) is 0 Å². The summed E-state index contributed by atoms with van der Waals surface area (Å²) in [5, 5.41) is 3.48. The summed E-state index contributed by atoms with van der Waals surface area (Å²) in [6, 6.07) is 2.02. The minimum absolute atomic E-state index is 0.329. The number of hydrogen-bond donors (Lipinski definition) is 2. The molecule has 14 heavy (non-hydrogen) atoms. The Morgan fingerprint density at radius 1 is 1.57 bits per heavy atom. The number of nitrogens with two attached hydrogens (primary N) is 1. The maximum absolute atomic E-state index is 5.71. The first-order valence-electron chi connectivity index (χ1n) is 5.15. The van der Waals surface area contributed by atoms with E-state index >= 15 is 0 Å². The molecule has 0 spiro atoms. The first-order chi connectivity index (χ1) is 6.65. The number of nitrogens with one attached hydrogen (secondary N) is 1. The summed E-state index contributed by atoms with van der Waals surface area (Å²) in [5.41, 5.74) is 7.89. The van der Waals surface area contributed by atoms with Crippen molar-refractivity contribution >= 4 is 11.5 Å². The molecule has 2 rings (SSSR count). The molecule has 0 saturated heterocycles. The number of nitrogen functional groups attached to an aromatic ring is 1. The average Bonchev–Trinajstić information content (AvgIpc) is 2.93. The Morgan fingerprint density at radius 2 is 2.29 bits per heavy atom. The Morgan fingerprint density at radius 3 is 2.79 bits per heavy atom. The molecule has 1 aromatic heterocycles. The van der Waals surface area contributed by atoms with Gasteiger partial charge < -0.3 is 11.1 Å². The van der Waals surface area contributed by atoms with Gasteiger partial charge in [-0.05, 0) is 37.8 Å². The third-order valence-corrected chi connectivity index (χ3v) is 3.07. The SMILES string of the molecule is CCC1(Nc2cc(C)c(N)cn2)CC1. The molecule has 3 heteroatoms. The summed E-state index contributed by atoms with van der Waals surface area (Å²) in [4.78, 5) is 4.28. The van der Waals surface area contributed by atoms with Crippen molar-refractivity contribution in [3.05, 3.63) is 17.8 Å². The Hall–Kier alpha value is -1.25. The van der Waals surface area contributed by atoms with Crippen LogP contribution in [0.25, 0.3) is 0 Å². The molecule has 0 amide bonds. The molecule has 1 aliphatic carbocycles. The number of pyridine rings is 1. The van der Waals surface area contributed by atoms with Gasteiger partial charge in [0.15, 0.2) is 0 Å². The molecule has 3 nitrogen and oxygen atoms in total. The average molecular weight is 191 g/mol. The Labute approximate surface area is 84.7 Å². The zero-order valence-corrected chi connectivity index (χ0v) is 8.80. The van der Waals surface area contributed by atoms with Gasteiger partial charge >= 0.3 is 0 Å². The molecule has 0 aliphatic heterocycles. The van der Waals surface area contributed by atoms with E-state index < -0.39 is 0 Å². The highest BCUT2D eigenvalue weighted by molar-refractivity contribution is 5.52. The Kier molecular flexibility index (Phi) is 2.10. The van der Waals surface area contributed by atoms with Crippen LogP contribution in [-0.4, -0.2) is 10.5 Å². The van der Waals surface area contributed by atoms with Crippen LogP contribution in [0.1, 0.15) is 31.7 Å². The van der Waals surface area contributed by atoms with Gasteiger partial charge in [0, 0.05) is 5.54 Å². The summed E-state index contributed by atoms with van der Waals surface area (Å²) in [6.45, 7) is 4.22. The van der Waals surface area contributed by atoms with E-state index in [1.54, 1.807) is 6.20 Å². The van der Waals surface area contributed by atoms with E-state index in [-0.39, 0.29) is 0 Å². The summed E-state index contributed by atoms with van der Waals surface area (Å²) < 4.78 is 0. The molecule has 1 heterocycles. The molecular formula is C11H17N3. The van der Waals surface area contributed by atoms with Crippen LogP contribution in [0, 0.1) is 6.92 Å². The minimum Gasteiger partial charge on any atom is -0.397 e. The van der Waals surface area contributed by atoms with Crippen molar-refractivity contribution < 1.29 is 0 Å². The largest absolute Gasteiger partial charge is 0.397 e. The van der Waals surface area contributed by atoms with Crippen LogP contribution in [0.3, 0.4) is 0 Å². The molecule has 0 unspecified atom stereocenters. The highest BCUT2D eigenvalue weighted by atomic mass is 15.1. The second-order valence-corrected chi connectivity index (χ2v) is 4.19. The standard InChI is InChI=1S/C11H17N3/c1-3-11(4-5-11)14-10-6-8(2)9(12)7-13-10/h6-7H,3-5,12H2,1-2H3,(H,13,14). The highest BCUT2D eigenvalue weighted by Crippen LogP contribution is 2.41. The number of hydrogen-bond acceptors (Lipinski definition) is 3. The molecule has 0 bridgehead atoms. The van der Waals surface area contributed by atoms with Gasteiger partial charge in [-0.1, -0.05) is 6.92 Å². The van der Waals surface area contributed by atoms with E-state index in [0.717, 1.165) is 23.5 Å². The lowest BCUT2D eigenvalue weighted by molar-refractivity contribution is 0.697. The Bertz CT molecular complexity index is 342. The van der Waals surface area contributed by atoms with Crippen molar-refractivity contribution in [1.82, 2.24) is 4.98 Å². The summed E-state index contributed by atoms with van der Waals surface area (Å²) in [6.07, 6.45) is 5.41. The molecule has 0 atom stereocenters. The topological polar surface area (TPSA) is 50.9 Å². The molecule has 3 N–H and O–H groups in total. The van der Waals surface area contributed by atoms with Gasteiger partial charge in [0.1, 0.15) is 5.82 Å². The first-order valence-corrected chi connectivity index (χ1v) is 5.15. The quantitative estimate of drug-likeness (QED) is 0.771. The summed E-state index contributed by atoms with van der Waals surface area (Å²) >= 11 is 0. The highest BCUT2D eigenvalue weighted by Gasteiger charge is 2.40. The normalized spacial score (nSPS) is 17.9. The van der Waals surface area contributed by atoms with Gasteiger partial charge in [0.25, 0.3) is 0 Å². The second kappa shape index (κ2) is 3.15. The molecule has 1 fully saturated rings. The van der Waals surface area contributed by atoms with Gasteiger partial charge in [-0.25, -0.2) is 4.98 Å². The zero-order chi connectivity index (χ0) is 10.2. The molecule has 1 saturated carbocycles. The van der Waals surface area contributed by atoms with Crippen LogP contribution < -0.4 is 11.1 Å². The minimum atomic E-state index is 0.329. The third-order valence-electron chi connectivity index (χ3n) is 3.07. The number of nitrogens with zero attached hydrogens (tertiary/aromatic N) is 1. The maximum Gasteiger partial charge on any atom is 0.126 e. The smallest absolute Gasteiger partial charge is 0.126 e. The van der Waals surface area contributed by atoms with Gasteiger partial charge in [0.05, 0.1) is 11.9 Å². The first kappa shape index (κ1) is 9.31. The fourth-order valence-electron chi connectivity index (χ4n) is 1.62. The maximum atomic E-state index is 5.71. The predicted molar refractivity (Wildman–Crippen MR) is 59.3 cm³/mol. The van der Waals surface area contributed by atoms with Crippen LogP contribution in [-0.2, 0) is 0 Å². The lowest BCUT2D eigenvalue weighted by Crippen LogP contribution is -2.20. The van der Waals surface area contributed by atoms with Crippen molar-refractivity contribution in [2.24, 2.45) is 0 Å². The van der Waals surface area contributed by atoms with Gasteiger partial charge in [0.2, 0.25) is 0 Å². The van der Waals surface area contributed by atoms with Crippen LogP contribution in [0.2, 0.25) is 0 Å². The second-order valence-electron chi connectivity index (χ2n) is 4.19. The van der Waals surface area contributed by atoms with E-state index in [9.17, 15) is 0 Å². The third kappa shape index (κ3) is 1.67. The molecule has 0 radical (unpaired) electrons. The number of aromatic nitrogens is 1. The van der Waals surface area contributed by atoms with E-state index in [4.69, 9.17) is 5.73 Å². The molecular weight excluding hydrogens is 174 g/mol. The molecule has 0 aromatic carbocycles. The van der Waals surface area contributed by atoms with E-state index in [0.29, 0.717) is 5.54 Å². The van der Waals surface area contributed by atoms with E-state index in [1.165, 1.54) is 12.8 Å². The fourth-order valence-corrected chi connectivity index (χ4v) is 1.62. The van der Waals surface area contributed by atoms with E-state index in [2.05, 4.69) is 17.2 Å².